The van der Waals surface area contributed by atoms with Crippen LogP contribution in [0.4, 0.5) is 0 Å². The van der Waals surface area contributed by atoms with Crippen LogP contribution in [-0.2, 0) is 6.54 Å². The summed E-state index contributed by atoms with van der Waals surface area (Å²) in [7, 11) is 0. The molecule has 0 aliphatic carbocycles. The molecule has 0 radical (unpaired) electrons. The van der Waals surface area contributed by atoms with Crippen LogP contribution in [0.5, 0.6) is 5.75 Å². The summed E-state index contributed by atoms with van der Waals surface area (Å²) in [5, 5.41) is 3.41. The van der Waals surface area contributed by atoms with Gasteiger partial charge in [0.25, 0.3) is 0 Å². The van der Waals surface area contributed by atoms with Crippen LogP contribution in [0.25, 0.3) is 0 Å². The van der Waals surface area contributed by atoms with Gasteiger partial charge in [-0.1, -0.05) is 24.8 Å². The molecular weight excluding hydrogens is 238 g/mol. The third-order valence-corrected chi connectivity index (χ3v) is 2.87. The fourth-order valence-corrected chi connectivity index (χ4v) is 1.77. The summed E-state index contributed by atoms with van der Waals surface area (Å²) in [6, 6.07) is 12.1. The Hall–Kier alpha value is -2.00. The van der Waals surface area contributed by atoms with E-state index in [0.29, 0.717) is 6.61 Å². The second-order valence-electron chi connectivity index (χ2n) is 4.36. The van der Waals surface area contributed by atoms with Gasteiger partial charge in [0.2, 0.25) is 0 Å². The molecule has 3 nitrogen and oxygen atoms in total. The summed E-state index contributed by atoms with van der Waals surface area (Å²) in [4.78, 5) is 0. The van der Waals surface area contributed by atoms with E-state index >= 15 is 0 Å². The molecule has 0 amide bonds. The molecule has 0 saturated heterocycles. The molecule has 0 aliphatic rings. The summed E-state index contributed by atoms with van der Waals surface area (Å²) in [6.07, 6.45) is 3.43. The molecule has 1 atom stereocenters. The Balaban J connectivity index is 1.84. The molecule has 0 fully saturated rings. The quantitative estimate of drug-likeness (QED) is 0.768. The second kappa shape index (κ2) is 6.81. The Labute approximate surface area is 113 Å². The number of benzene rings is 1. The van der Waals surface area contributed by atoms with E-state index in [2.05, 4.69) is 31.0 Å². The molecule has 1 N–H and O–H groups in total. The zero-order chi connectivity index (χ0) is 13.5. The average Bonchev–Trinajstić information content (AvgIpc) is 2.98. The van der Waals surface area contributed by atoms with E-state index < -0.39 is 0 Å². The average molecular weight is 257 g/mol. The zero-order valence-corrected chi connectivity index (χ0v) is 11.1. The molecular formula is C16H19NO2. The van der Waals surface area contributed by atoms with Crippen LogP contribution in [0.15, 0.2) is 59.7 Å². The minimum Gasteiger partial charge on any atom is -0.490 e. The lowest BCUT2D eigenvalue weighted by molar-refractivity contribution is 0.363. The van der Waals surface area contributed by atoms with Crippen LogP contribution >= 0.6 is 0 Å². The predicted molar refractivity (Wildman–Crippen MR) is 76.1 cm³/mol. The Morgan fingerprint density at radius 1 is 1.32 bits per heavy atom. The van der Waals surface area contributed by atoms with Crippen LogP contribution in [-0.4, -0.2) is 6.61 Å². The highest BCUT2D eigenvalue weighted by atomic mass is 16.5. The first kappa shape index (κ1) is 13.4. The molecule has 1 aromatic carbocycles. The first-order valence-corrected chi connectivity index (χ1v) is 6.39. The van der Waals surface area contributed by atoms with E-state index in [-0.39, 0.29) is 6.04 Å². The highest BCUT2D eigenvalue weighted by molar-refractivity contribution is 5.27. The van der Waals surface area contributed by atoms with Crippen molar-refractivity contribution in [3.8, 4) is 5.75 Å². The zero-order valence-electron chi connectivity index (χ0n) is 11.1. The normalized spacial score (nSPS) is 12.1. The van der Waals surface area contributed by atoms with Gasteiger partial charge in [-0.25, -0.2) is 0 Å². The third-order valence-electron chi connectivity index (χ3n) is 2.87. The number of furan rings is 1. The number of rotatable bonds is 7. The maximum Gasteiger partial charge on any atom is 0.120 e. The minimum atomic E-state index is 0.201. The van der Waals surface area contributed by atoms with Crippen molar-refractivity contribution in [2.24, 2.45) is 0 Å². The molecule has 0 bridgehead atoms. The summed E-state index contributed by atoms with van der Waals surface area (Å²) in [6.45, 7) is 7.04. The van der Waals surface area contributed by atoms with Gasteiger partial charge in [0.1, 0.15) is 18.1 Å². The smallest absolute Gasteiger partial charge is 0.120 e. The maximum atomic E-state index is 5.44. The Bertz CT molecular complexity index is 488. The number of hydrogen-bond donors (Lipinski definition) is 1. The molecule has 19 heavy (non-hydrogen) atoms. The van der Waals surface area contributed by atoms with E-state index in [9.17, 15) is 0 Å². The molecule has 1 aromatic heterocycles. The largest absolute Gasteiger partial charge is 0.490 e. The van der Waals surface area contributed by atoms with Crippen molar-refractivity contribution < 1.29 is 9.15 Å². The lowest BCUT2D eigenvalue weighted by atomic mass is 10.2. The molecule has 3 heteroatoms. The summed E-state index contributed by atoms with van der Waals surface area (Å²) < 4.78 is 10.8. The van der Waals surface area contributed by atoms with Crippen molar-refractivity contribution in [1.29, 1.82) is 0 Å². The number of nitrogens with one attached hydrogen (secondary N) is 1. The van der Waals surface area contributed by atoms with Crippen LogP contribution in [0.3, 0.4) is 0 Å². The van der Waals surface area contributed by atoms with Crippen LogP contribution < -0.4 is 10.1 Å². The molecule has 0 unspecified atom stereocenters. The van der Waals surface area contributed by atoms with Crippen molar-refractivity contribution in [3.63, 3.8) is 0 Å². The van der Waals surface area contributed by atoms with Crippen molar-refractivity contribution >= 4 is 0 Å². The van der Waals surface area contributed by atoms with E-state index in [1.807, 2.05) is 24.3 Å². The first-order chi connectivity index (χ1) is 9.29. The van der Waals surface area contributed by atoms with Gasteiger partial charge < -0.3 is 14.5 Å². The van der Waals surface area contributed by atoms with Gasteiger partial charge in [-0.15, -0.1) is 0 Å². The van der Waals surface area contributed by atoms with E-state index in [1.54, 1.807) is 12.3 Å². The van der Waals surface area contributed by atoms with Gasteiger partial charge in [0, 0.05) is 6.54 Å². The molecule has 1 heterocycles. The molecule has 0 saturated carbocycles. The number of ether oxygens (including phenoxy) is 1. The van der Waals surface area contributed by atoms with Crippen molar-refractivity contribution in [3.05, 3.63) is 66.6 Å². The van der Waals surface area contributed by atoms with Gasteiger partial charge in [-0.05, 0) is 36.8 Å². The summed E-state index contributed by atoms with van der Waals surface area (Å²) >= 11 is 0. The van der Waals surface area contributed by atoms with Gasteiger partial charge in [0.15, 0.2) is 0 Å². The van der Waals surface area contributed by atoms with E-state index in [4.69, 9.17) is 9.15 Å². The minimum absolute atomic E-state index is 0.201. The summed E-state index contributed by atoms with van der Waals surface area (Å²) in [5.74, 6) is 1.81. The molecule has 0 spiro atoms. The second-order valence-corrected chi connectivity index (χ2v) is 4.36. The monoisotopic (exact) mass is 257 g/mol. The molecule has 0 aliphatic heterocycles. The first-order valence-electron chi connectivity index (χ1n) is 6.39. The predicted octanol–water partition coefficient (Wildman–Crippen LogP) is 3.70. The van der Waals surface area contributed by atoms with Gasteiger partial charge in [-0.2, -0.15) is 0 Å². The van der Waals surface area contributed by atoms with Gasteiger partial charge in [-0.3, -0.25) is 0 Å². The van der Waals surface area contributed by atoms with Gasteiger partial charge in [0.05, 0.1) is 12.3 Å². The highest BCUT2D eigenvalue weighted by Gasteiger charge is 2.06. The Morgan fingerprint density at radius 3 is 2.74 bits per heavy atom. The van der Waals surface area contributed by atoms with Crippen LogP contribution in [0.1, 0.15) is 24.3 Å². The SMILES string of the molecule is C=CCOc1ccc(CN[C@H](C)c2ccco2)cc1. The number of hydrogen-bond acceptors (Lipinski definition) is 3. The van der Waals surface area contributed by atoms with E-state index in [0.717, 1.165) is 18.1 Å². The van der Waals surface area contributed by atoms with Crippen LogP contribution in [0, 0.1) is 0 Å². The van der Waals surface area contributed by atoms with Gasteiger partial charge >= 0.3 is 0 Å². The van der Waals surface area contributed by atoms with Crippen molar-refractivity contribution in [2.75, 3.05) is 6.61 Å². The molecule has 2 rings (SSSR count). The standard InChI is InChI=1S/C16H19NO2/c1-3-10-18-15-8-6-14(7-9-15)12-17-13(2)16-5-4-11-19-16/h3-9,11,13,17H,1,10,12H2,2H3/t13-/m1/s1. The Morgan fingerprint density at radius 2 is 2.11 bits per heavy atom. The maximum absolute atomic E-state index is 5.44. The van der Waals surface area contributed by atoms with E-state index in [1.165, 1.54) is 5.56 Å². The topological polar surface area (TPSA) is 34.4 Å². The Kier molecular flexibility index (Phi) is 4.81. The van der Waals surface area contributed by atoms with Crippen molar-refractivity contribution in [2.45, 2.75) is 19.5 Å². The fraction of sp³-hybridized carbons (Fsp3) is 0.250. The lowest BCUT2D eigenvalue weighted by Crippen LogP contribution is -2.17. The van der Waals surface area contributed by atoms with Crippen molar-refractivity contribution in [1.82, 2.24) is 5.32 Å². The molecule has 2 aromatic rings. The third kappa shape index (κ3) is 4.00. The fourth-order valence-electron chi connectivity index (χ4n) is 1.77. The summed E-state index contributed by atoms with van der Waals surface area (Å²) in [5.41, 5.74) is 1.21. The lowest BCUT2D eigenvalue weighted by Gasteiger charge is -2.11. The highest BCUT2D eigenvalue weighted by Crippen LogP contribution is 2.15. The van der Waals surface area contributed by atoms with Crippen LogP contribution in [0.2, 0.25) is 0 Å². The molecule has 100 valence electrons.